The Morgan fingerprint density at radius 1 is 1.47 bits per heavy atom. The molecule has 2 rings (SSSR count). The second-order valence-corrected chi connectivity index (χ2v) is 5.25. The number of rotatable bonds is 5. The Labute approximate surface area is 121 Å². The van der Waals surface area contributed by atoms with E-state index in [1.54, 1.807) is 12.3 Å². The van der Waals surface area contributed by atoms with Crippen LogP contribution in [-0.4, -0.2) is 16.8 Å². The summed E-state index contributed by atoms with van der Waals surface area (Å²) >= 11 is 3.42. The van der Waals surface area contributed by atoms with Gasteiger partial charge in [0.05, 0.1) is 12.2 Å². The molecule has 0 aliphatic rings. The second-order valence-electron chi connectivity index (χ2n) is 4.39. The number of nitrogens with zero attached hydrogens (tertiary/aromatic N) is 2. The lowest BCUT2D eigenvalue weighted by molar-refractivity contribution is 0.571. The van der Waals surface area contributed by atoms with Crippen molar-refractivity contribution in [2.75, 3.05) is 7.05 Å². The molecule has 0 bridgehead atoms. The highest BCUT2D eigenvalue weighted by molar-refractivity contribution is 9.10. The fourth-order valence-electron chi connectivity index (χ4n) is 2.14. The summed E-state index contributed by atoms with van der Waals surface area (Å²) in [5.74, 6) is -0.225. The number of hydrogen-bond acceptors (Lipinski definition) is 2. The third-order valence-electron chi connectivity index (χ3n) is 3.02. The van der Waals surface area contributed by atoms with Crippen LogP contribution in [0.5, 0.6) is 0 Å². The van der Waals surface area contributed by atoms with Gasteiger partial charge in [-0.15, -0.1) is 0 Å². The van der Waals surface area contributed by atoms with Crippen molar-refractivity contribution in [3.8, 4) is 0 Å². The molecule has 2 aromatic rings. The SMILES string of the molecule is CCCn1cc(C(NC)c2c(F)cccc2Br)cn1. The summed E-state index contributed by atoms with van der Waals surface area (Å²) in [5.41, 5.74) is 1.57. The Bertz CT molecular complexity index is 533. The minimum absolute atomic E-state index is 0.207. The van der Waals surface area contributed by atoms with Gasteiger partial charge in [0.2, 0.25) is 0 Å². The highest BCUT2D eigenvalue weighted by Gasteiger charge is 2.20. The van der Waals surface area contributed by atoms with E-state index in [-0.39, 0.29) is 11.9 Å². The summed E-state index contributed by atoms with van der Waals surface area (Å²) in [5, 5.41) is 7.45. The minimum atomic E-state index is -0.225. The van der Waals surface area contributed by atoms with E-state index in [1.807, 2.05) is 24.0 Å². The molecule has 102 valence electrons. The maximum Gasteiger partial charge on any atom is 0.129 e. The molecule has 1 atom stereocenters. The van der Waals surface area contributed by atoms with Crippen LogP contribution in [0.25, 0.3) is 0 Å². The fraction of sp³-hybridized carbons (Fsp3) is 0.357. The first-order valence-corrected chi connectivity index (χ1v) is 7.10. The molecule has 0 fully saturated rings. The minimum Gasteiger partial charge on any atom is -0.309 e. The summed E-state index contributed by atoms with van der Waals surface area (Å²) in [6, 6.07) is 4.80. The lowest BCUT2D eigenvalue weighted by Gasteiger charge is -2.17. The van der Waals surface area contributed by atoms with Crippen LogP contribution in [0.2, 0.25) is 0 Å². The van der Waals surface area contributed by atoms with Crippen molar-refractivity contribution in [2.24, 2.45) is 0 Å². The molecule has 0 saturated carbocycles. The van der Waals surface area contributed by atoms with Crippen LogP contribution in [0.4, 0.5) is 4.39 Å². The molecule has 19 heavy (non-hydrogen) atoms. The maximum absolute atomic E-state index is 14.0. The van der Waals surface area contributed by atoms with E-state index in [4.69, 9.17) is 0 Å². The van der Waals surface area contributed by atoms with Crippen molar-refractivity contribution in [3.05, 3.63) is 52.0 Å². The van der Waals surface area contributed by atoms with Gasteiger partial charge in [-0.2, -0.15) is 5.10 Å². The number of benzene rings is 1. The second kappa shape index (κ2) is 6.30. The normalized spacial score (nSPS) is 12.6. The molecule has 1 N–H and O–H groups in total. The third kappa shape index (κ3) is 3.04. The van der Waals surface area contributed by atoms with E-state index in [0.29, 0.717) is 5.56 Å². The topological polar surface area (TPSA) is 29.9 Å². The van der Waals surface area contributed by atoms with Crippen LogP contribution < -0.4 is 5.32 Å². The standard InChI is InChI=1S/C14H17BrFN3/c1-3-7-19-9-10(8-18-19)14(17-2)13-11(15)5-4-6-12(13)16/h4-6,8-9,14,17H,3,7H2,1-2H3. The quantitative estimate of drug-likeness (QED) is 0.911. The molecule has 5 heteroatoms. The number of nitrogens with one attached hydrogen (secondary N) is 1. The Hall–Kier alpha value is -1.20. The zero-order chi connectivity index (χ0) is 13.8. The largest absolute Gasteiger partial charge is 0.309 e. The Morgan fingerprint density at radius 2 is 2.26 bits per heavy atom. The van der Waals surface area contributed by atoms with E-state index in [9.17, 15) is 4.39 Å². The molecule has 0 amide bonds. The molecule has 0 spiro atoms. The van der Waals surface area contributed by atoms with Gasteiger partial charge in [-0.3, -0.25) is 4.68 Å². The van der Waals surface area contributed by atoms with Gasteiger partial charge in [0.1, 0.15) is 5.82 Å². The molecule has 1 heterocycles. The van der Waals surface area contributed by atoms with Crippen molar-refractivity contribution < 1.29 is 4.39 Å². The van der Waals surface area contributed by atoms with Crippen LogP contribution in [0.3, 0.4) is 0 Å². The molecule has 0 aliphatic carbocycles. The number of aromatic nitrogens is 2. The van der Waals surface area contributed by atoms with E-state index in [0.717, 1.165) is 23.0 Å². The first-order valence-electron chi connectivity index (χ1n) is 6.31. The average molecular weight is 326 g/mol. The Balaban J connectivity index is 2.38. The Morgan fingerprint density at radius 3 is 2.89 bits per heavy atom. The lowest BCUT2D eigenvalue weighted by atomic mass is 10.0. The smallest absolute Gasteiger partial charge is 0.129 e. The van der Waals surface area contributed by atoms with Crippen LogP contribution in [0, 0.1) is 5.82 Å². The summed E-state index contributed by atoms with van der Waals surface area (Å²) < 4.78 is 16.7. The molecule has 1 unspecified atom stereocenters. The van der Waals surface area contributed by atoms with Gasteiger partial charge in [0.25, 0.3) is 0 Å². The molecule has 0 radical (unpaired) electrons. The Kier molecular flexibility index (Phi) is 4.71. The predicted molar refractivity (Wildman–Crippen MR) is 77.5 cm³/mol. The molecule has 3 nitrogen and oxygen atoms in total. The van der Waals surface area contributed by atoms with Gasteiger partial charge in [0.15, 0.2) is 0 Å². The van der Waals surface area contributed by atoms with Gasteiger partial charge in [-0.05, 0) is 25.6 Å². The molecule has 1 aromatic carbocycles. The number of hydrogen-bond donors (Lipinski definition) is 1. The van der Waals surface area contributed by atoms with Crippen LogP contribution in [-0.2, 0) is 6.54 Å². The maximum atomic E-state index is 14.0. The van der Waals surface area contributed by atoms with Gasteiger partial charge in [-0.1, -0.05) is 28.9 Å². The molecule has 1 aromatic heterocycles. The summed E-state index contributed by atoms with van der Waals surface area (Å²) in [7, 11) is 1.82. The average Bonchev–Trinajstić information content (AvgIpc) is 2.83. The van der Waals surface area contributed by atoms with Crippen molar-refractivity contribution in [3.63, 3.8) is 0 Å². The highest BCUT2D eigenvalue weighted by atomic mass is 79.9. The summed E-state index contributed by atoms with van der Waals surface area (Å²) in [6.07, 6.45) is 4.77. The zero-order valence-electron chi connectivity index (χ0n) is 11.0. The van der Waals surface area contributed by atoms with Gasteiger partial charge in [0, 0.05) is 28.3 Å². The molecular weight excluding hydrogens is 309 g/mol. The number of halogens is 2. The molecule has 0 saturated heterocycles. The predicted octanol–water partition coefficient (Wildman–Crippen LogP) is 3.50. The van der Waals surface area contributed by atoms with Crippen LogP contribution in [0.15, 0.2) is 35.1 Å². The van der Waals surface area contributed by atoms with Gasteiger partial charge >= 0.3 is 0 Å². The molecular formula is C14H17BrFN3. The van der Waals surface area contributed by atoms with E-state index in [1.165, 1.54) is 6.07 Å². The summed E-state index contributed by atoms with van der Waals surface area (Å²) in [6.45, 7) is 2.97. The third-order valence-corrected chi connectivity index (χ3v) is 3.71. The van der Waals surface area contributed by atoms with Crippen molar-refractivity contribution >= 4 is 15.9 Å². The van der Waals surface area contributed by atoms with Crippen molar-refractivity contribution in [1.82, 2.24) is 15.1 Å². The van der Waals surface area contributed by atoms with Crippen LogP contribution >= 0.6 is 15.9 Å². The fourth-order valence-corrected chi connectivity index (χ4v) is 2.72. The van der Waals surface area contributed by atoms with Gasteiger partial charge < -0.3 is 5.32 Å². The van der Waals surface area contributed by atoms with E-state index in [2.05, 4.69) is 33.3 Å². The molecule has 0 aliphatic heterocycles. The summed E-state index contributed by atoms with van der Waals surface area (Å²) in [4.78, 5) is 0. The van der Waals surface area contributed by atoms with Crippen molar-refractivity contribution in [2.45, 2.75) is 25.9 Å². The van der Waals surface area contributed by atoms with E-state index < -0.39 is 0 Å². The van der Waals surface area contributed by atoms with Crippen LogP contribution in [0.1, 0.15) is 30.5 Å². The van der Waals surface area contributed by atoms with Gasteiger partial charge in [-0.25, -0.2) is 4.39 Å². The monoisotopic (exact) mass is 325 g/mol. The first-order chi connectivity index (χ1) is 9.17. The van der Waals surface area contributed by atoms with Crippen molar-refractivity contribution in [1.29, 1.82) is 0 Å². The van der Waals surface area contributed by atoms with E-state index >= 15 is 0 Å². The lowest BCUT2D eigenvalue weighted by Crippen LogP contribution is -2.19. The first kappa shape index (κ1) is 14.2. The number of aryl methyl sites for hydroxylation is 1. The highest BCUT2D eigenvalue weighted by Crippen LogP contribution is 2.30. The zero-order valence-corrected chi connectivity index (χ0v) is 12.6.